The largest absolute Gasteiger partial charge is 0.321 e. The van der Waals surface area contributed by atoms with Crippen molar-refractivity contribution in [1.29, 1.82) is 0 Å². The average molecular weight is 290 g/mol. The Kier molecular flexibility index (Phi) is 3.35. The van der Waals surface area contributed by atoms with Crippen molar-refractivity contribution in [2.24, 2.45) is 12.5 Å². The number of aromatic nitrogens is 2. The zero-order valence-electron chi connectivity index (χ0n) is 12.2. The summed E-state index contributed by atoms with van der Waals surface area (Å²) in [4.78, 5) is 6.65. The summed E-state index contributed by atoms with van der Waals surface area (Å²) in [5, 5.41) is 0.552. The summed E-state index contributed by atoms with van der Waals surface area (Å²) < 4.78 is 1.95. The standard InChI is InChI=1S/C16H20ClN3/c1-16(2)11-20(10-13-9-18-15(17)19(13)3)14(16)12-7-5-4-6-8-12/h4-9,14H,10-11H2,1-3H3. The summed E-state index contributed by atoms with van der Waals surface area (Å²) >= 11 is 6.02. The molecule has 0 aliphatic carbocycles. The van der Waals surface area contributed by atoms with Crippen molar-refractivity contribution in [2.75, 3.05) is 6.54 Å². The van der Waals surface area contributed by atoms with Gasteiger partial charge in [-0.25, -0.2) is 4.98 Å². The van der Waals surface area contributed by atoms with Gasteiger partial charge in [-0.1, -0.05) is 44.2 Å². The molecule has 2 heterocycles. The van der Waals surface area contributed by atoms with Gasteiger partial charge >= 0.3 is 0 Å². The van der Waals surface area contributed by atoms with Crippen LogP contribution in [-0.2, 0) is 13.6 Å². The molecule has 0 saturated carbocycles. The molecular weight excluding hydrogens is 270 g/mol. The molecule has 3 nitrogen and oxygen atoms in total. The van der Waals surface area contributed by atoms with Gasteiger partial charge in [-0.05, 0) is 22.6 Å². The molecule has 20 heavy (non-hydrogen) atoms. The minimum atomic E-state index is 0.309. The van der Waals surface area contributed by atoms with Crippen LogP contribution in [-0.4, -0.2) is 21.0 Å². The maximum Gasteiger partial charge on any atom is 0.202 e. The lowest BCUT2D eigenvalue weighted by Crippen LogP contribution is -2.55. The Balaban J connectivity index is 1.83. The summed E-state index contributed by atoms with van der Waals surface area (Å²) in [5.41, 5.74) is 2.85. The van der Waals surface area contributed by atoms with E-state index in [-0.39, 0.29) is 0 Å². The normalized spacial score (nSPS) is 21.7. The Morgan fingerprint density at radius 2 is 2.00 bits per heavy atom. The van der Waals surface area contributed by atoms with E-state index in [0.29, 0.717) is 16.7 Å². The summed E-state index contributed by atoms with van der Waals surface area (Å²) in [6.45, 7) is 6.64. The van der Waals surface area contributed by atoms with Crippen LogP contribution in [0.15, 0.2) is 36.5 Å². The molecule has 0 radical (unpaired) electrons. The van der Waals surface area contributed by atoms with E-state index in [9.17, 15) is 0 Å². The van der Waals surface area contributed by atoms with Gasteiger partial charge in [-0.15, -0.1) is 0 Å². The topological polar surface area (TPSA) is 21.1 Å². The van der Waals surface area contributed by atoms with Crippen molar-refractivity contribution in [1.82, 2.24) is 14.5 Å². The molecule has 0 amide bonds. The van der Waals surface area contributed by atoms with Crippen LogP contribution in [0.2, 0.25) is 5.28 Å². The molecule has 0 bridgehead atoms. The van der Waals surface area contributed by atoms with Gasteiger partial charge in [0.05, 0.1) is 11.9 Å². The van der Waals surface area contributed by atoms with E-state index in [0.717, 1.165) is 18.8 Å². The Morgan fingerprint density at radius 1 is 1.30 bits per heavy atom. The molecule has 1 fully saturated rings. The number of hydrogen-bond donors (Lipinski definition) is 0. The lowest BCUT2D eigenvalue weighted by Gasteiger charge is -2.54. The van der Waals surface area contributed by atoms with E-state index in [4.69, 9.17) is 11.6 Å². The first-order valence-electron chi connectivity index (χ1n) is 6.94. The van der Waals surface area contributed by atoms with Crippen LogP contribution in [0.4, 0.5) is 0 Å². The minimum absolute atomic E-state index is 0.309. The van der Waals surface area contributed by atoms with Gasteiger partial charge in [0.1, 0.15) is 0 Å². The fourth-order valence-corrected chi connectivity index (χ4v) is 3.46. The molecule has 1 aliphatic rings. The van der Waals surface area contributed by atoms with Crippen molar-refractivity contribution in [3.63, 3.8) is 0 Å². The minimum Gasteiger partial charge on any atom is -0.321 e. The lowest BCUT2D eigenvalue weighted by molar-refractivity contribution is -0.0600. The summed E-state index contributed by atoms with van der Waals surface area (Å²) in [7, 11) is 1.97. The molecule has 1 atom stereocenters. The first kappa shape index (κ1) is 13.7. The molecule has 1 aromatic heterocycles. The van der Waals surface area contributed by atoms with Gasteiger partial charge in [-0.2, -0.15) is 0 Å². The molecule has 2 aromatic rings. The number of imidazole rings is 1. The number of hydrogen-bond acceptors (Lipinski definition) is 2. The van der Waals surface area contributed by atoms with Crippen LogP contribution in [0.5, 0.6) is 0 Å². The number of nitrogens with zero attached hydrogens (tertiary/aromatic N) is 3. The Bertz CT molecular complexity index is 603. The molecule has 106 valence electrons. The first-order chi connectivity index (χ1) is 9.49. The molecule has 3 rings (SSSR count). The predicted molar refractivity (Wildman–Crippen MR) is 81.6 cm³/mol. The van der Waals surface area contributed by atoms with Crippen LogP contribution in [0.25, 0.3) is 0 Å². The SMILES string of the molecule is Cn1c(CN2CC(C)(C)C2c2ccccc2)cnc1Cl. The van der Waals surface area contributed by atoms with E-state index in [1.54, 1.807) is 0 Å². The summed E-state index contributed by atoms with van der Waals surface area (Å²) in [6.07, 6.45) is 1.87. The first-order valence-corrected chi connectivity index (χ1v) is 7.32. The molecule has 4 heteroatoms. The van der Waals surface area contributed by atoms with Gasteiger partial charge < -0.3 is 4.57 Å². The maximum absolute atomic E-state index is 6.02. The number of benzene rings is 1. The molecule has 1 saturated heterocycles. The molecule has 0 spiro atoms. The Labute approximate surface area is 125 Å². The van der Waals surface area contributed by atoms with Crippen molar-refractivity contribution < 1.29 is 0 Å². The van der Waals surface area contributed by atoms with Gasteiger partial charge in [0.15, 0.2) is 0 Å². The quantitative estimate of drug-likeness (QED) is 0.860. The number of likely N-dealkylation sites (tertiary alicyclic amines) is 1. The van der Waals surface area contributed by atoms with Crippen molar-refractivity contribution in [3.8, 4) is 0 Å². The number of rotatable bonds is 3. The highest BCUT2D eigenvalue weighted by Gasteiger charge is 2.46. The van der Waals surface area contributed by atoms with Crippen LogP contribution in [0.3, 0.4) is 0 Å². The third kappa shape index (κ3) is 2.25. The van der Waals surface area contributed by atoms with Crippen LogP contribution in [0.1, 0.15) is 31.1 Å². The monoisotopic (exact) mass is 289 g/mol. The van der Waals surface area contributed by atoms with Gasteiger partial charge in [0.2, 0.25) is 5.28 Å². The molecular formula is C16H20ClN3. The van der Waals surface area contributed by atoms with Crippen molar-refractivity contribution in [2.45, 2.75) is 26.4 Å². The second-order valence-corrected chi connectivity index (χ2v) is 6.62. The third-order valence-electron chi connectivity index (χ3n) is 4.22. The highest BCUT2D eigenvalue weighted by Crippen LogP contribution is 2.48. The van der Waals surface area contributed by atoms with Crippen LogP contribution in [0, 0.1) is 5.41 Å². The maximum atomic E-state index is 6.02. The third-order valence-corrected chi connectivity index (χ3v) is 4.58. The Hall–Kier alpha value is -1.32. The van der Waals surface area contributed by atoms with Gasteiger partial charge in [-0.3, -0.25) is 4.90 Å². The zero-order chi connectivity index (χ0) is 14.3. The second kappa shape index (κ2) is 4.90. The second-order valence-electron chi connectivity index (χ2n) is 6.28. The molecule has 1 aromatic carbocycles. The van der Waals surface area contributed by atoms with Crippen molar-refractivity contribution in [3.05, 3.63) is 53.1 Å². The van der Waals surface area contributed by atoms with E-state index in [2.05, 4.69) is 54.1 Å². The highest BCUT2D eigenvalue weighted by atomic mass is 35.5. The van der Waals surface area contributed by atoms with E-state index < -0.39 is 0 Å². The van der Waals surface area contributed by atoms with Gasteiger partial charge in [0, 0.05) is 26.2 Å². The highest BCUT2D eigenvalue weighted by molar-refractivity contribution is 6.28. The Morgan fingerprint density at radius 3 is 2.55 bits per heavy atom. The molecule has 1 aliphatic heterocycles. The fraction of sp³-hybridized carbons (Fsp3) is 0.438. The smallest absolute Gasteiger partial charge is 0.202 e. The lowest BCUT2D eigenvalue weighted by atomic mass is 9.71. The number of halogens is 1. The molecule has 0 N–H and O–H groups in total. The van der Waals surface area contributed by atoms with Gasteiger partial charge in [0.25, 0.3) is 0 Å². The molecule has 1 unspecified atom stereocenters. The predicted octanol–water partition coefficient (Wildman–Crippen LogP) is 3.66. The van der Waals surface area contributed by atoms with Crippen LogP contribution < -0.4 is 0 Å². The van der Waals surface area contributed by atoms with E-state index in [1.807, 2.05) is 17.8 Å². The fourth-order valence-electron chi connectivity index (χ4n) is 3.30. The summed E-state index contributed by atoms with van der Waals surface area (Å²) in [5.74, 6) is 0. The van der Waals surface area contributed by atoms with E-state index >= 15 is 0 Å². The average Bonchev–Trinajstić information content (AvgIpc) is 2.71. The van der Waals surface area contributed by atoms with E-state index in [1.165, 1.54) is 5.56 Å². The van der Waals surface area contributed by atoms with Crippen LogP contribution >= 0.6 is 11.6 Å². The zero-order valence-corrected chi connectivity index (χ0v) is 12.9. The summed E-state index contributed by atoms with van der Waals surface area (Å²) in [6, 6.07) is 11.2. The van der Waals surface area contributed by atoms with Crippen molar-refractivity contribution >= 4 is 11.6 Å².